The van der Waals surface area contributed by atoms with E-state index < -0.39 is 17.9 Å². The van der Waals surface area contributed by atoms with Crippen molar-refractivity contribution >= 4 is 46.8 Å². The molecule has 0 aliphatic rings. The van der Waals surface area contributed by atoms with E-state index in [1.54, 1.807) is 48.0 Å². The van der Waals surface area contributed by atoms with Crippen LogP contribution in [0.5, 0.6) is 0 Å². The van der Waals surface area contributed by atoms with Gasteiger partial charge in [-0.05, 0) is 55.8 Å². The number of halogens is 2. The highest BCUT2D eigenvalue weighted by atomic mass is 35.5. The standard InChI is InChI=1S/C21H19Cl2N5O4/c1-11-9-13(22)10-14(19(29)26-27-21(31)32-3)17(11)25-20(30)16-7-6-12(2)28(16)18-15(23)5-4-8-24-18/h4-10H,1-3H3,(H,25,30)(H,26,29)(H,27,31). The molecular weight excluding hydrogens is 457 g/mol. The molecule has 0 radical (unpaired) electrons. The van der Waals surface area contributed by atoms with Crippen LogP contribution in [0.25, 0.3) is 5.82 Å². The van der Waals surface area contributed by atoms with Gasteiger partial charge < -0.3 is 10.1 Å². The van der Waals surface area contributed by atoms with Gasteiger partial charge in [0, 0.05) is 16.9 Å². The van der Waals surface area contributed by atoms with Gasteiger partial charge in [0.25, 0.3) is 11.8 Å². The molecule has 0 aliphatic heterocycles. The van der Waals surface area contributed by atoms with Gasteiger partial charge in [-0.3, -0.25) is 19.6 Å². The summed E-state index contributed by atoms with van der Waals surface area (Å²) in [5.74, 6) is -0.800. The fourth-order valence-electron chi connectivity index (χ4n) is 3.03. The maximum atomic E-state index is 13.2. The Morgan fingerprint density at radius 3 is 2.47 bits per heavy atom. The summed E-state index contributed by atoms with van der Waals surface area (Å²) in [7, 11) is 1.15. The first-order chi connectivity index (χ1) is 15.2. The Morgan fingerprint density at radius 2 is 1.78 bits per heavy atom. The average Bonchev–Trinajstić information content (AvgIpc) is 3.14. The second-order valence-electron chi connectivity index (χ2n) is 6.67. The molecule has 0 unspecified atom stereocenters. The minimum Gasteiger partial charge on any atom is -0.452 e. The van der Waals surface area contributed by atoms with Crippen LogP contribution in [0.3, 0.4) is 0 Å². The lowest BCUT2D eigenvalue weighted by Gasteiger charge is -2.16. The summed E-state index contributed by atoms with van der Waals surface area (Å²) in [4.78, 5) is 41.4. The number of carbonyl (C=O) groups excluding carboxylic acids is 3. The number of methoxy groups -OCH3 is 1. The Morgan fingerprint density at radius 1 is 1.03 bits per heavy atom. The maximum absolute atomic E-state index is 13.2. The molecule has 0 atom stereocenters. The van der Waals surface area contributed by atoms with Gasteiger partial charge in [-0.15, -0.1) is 0 Å². The first-order valence-electron chi connectivity index (χ1n) is 9.28. The van der Waals surface area contributed by atoms with Crippen LogP contribution in [-0.4, -0.2) is 34.6 Å². The van der Waals surface area contributed by atoms with E-state index in [4.69, 9.17) is 23.2 Å². The summed E-state index contributed by atoms with van der Waals surface area (Å²) in [5.41, 5.74) is 6.09. The van der Waals surface area contributed by atoms with Crippen molar-refractivity contribution in [3.8, 4) is 5.82 Å². The number of anilines is 1. The number of nitrogens with zero attached hydrogens (tertiary/aromatic N) is 2. The highest BCUT2D eigenvalue weighted by molar-refractivity contribution is 6.32. The molecule has 166 valence electrons. The molecule has 3 amide bonds. The van der Waals surface area contributed by atoms with E-state index in [1.807, 2.05) is 6.92 Å². The third kappa shape index (κ3) is 4.84. The molecule has 3 aromatic rings. The van der Waals surface area contributed by atoms with E-state index in [2.05, 4.69) is 25.9 Å². The van der Waals surface area contributed by atoms with Crippen molar-refractivity contribution in [1.82, 2.24) is 20.4 Å². The summed E-state index contributed by atoms with van der Waals surface area (Å²) in [5, 5.41) is 3.41. The molecule has 0 spiro atoms. The van der Waals surface area contributed by atoms with Gasteiger partial charge in [0.2, 0.25) is 0 Å². The van der Waals surface area contributed by atoms with Crippen LogP contribution < -0.4 is 16.2 Å². The van der Waals surface area contributed by atoms with Crippen LogP contribution >= 0.6 is 23.2 Å². The Balaban J connectivity index is 1.97. The van der Waals surface area contributed by atoms with Crippen LogP contribution in [0.4, 0.5) is 10.5 Å². The van der Waals surface area contributed by atoms with Crippen LogP contribution in [0.2, 0.25) is 10.0 Å². The molecule has 2 heterocycles. The summed E-state index contributed by atoms with van der Waals surface area (Å²) in [6.45, 7) is 3.50. The predicted molar refractivity (Wildman–Crippen MR) is 120 cm³/mol. The van der Waals surface area contributed by atoms with E-state index in [-0.39, 0.29) is 22.0 Å². The van der Waals surface area contributed by atoms with Gasteiger partial charge >= 0.3 is 6.09 Å². The highest BCUT2D eigenvalue weighted by Gasteiger charge is 2.22. The second-order valence-corrected chi connectivity index (χ2v) is 7.52. The average molecular weight is 476 g/mol. The molecule has 9 nitrogen and oxygen atoms in total. The van der Waals surface area contributed by atoms with Crippen LogP contribution in [0.1, 0.15) is 32.1 Å². The molecule has 3 rings (SSSR count). The monoisotopic (exact) mass is 475 g/mol. The zero-order valence-electron chi connectivity index (χ0n) is 17.3. The Bertz CT molecular complexity index is 1210. The molecule has 0 aliphatic carbocycles. The summed E-state index contributed by atoms with van der Waals surface area (Å²) in [6, 6.07) is 9.71. The Kier molecular flexibility index (Phi) is 7.01. The summed E-state index contributed by atoms with van der Waals surface area (Å²) < 4.78 is 6.04. The number of pyridine rings is 1. The summed E-state index contributed by atoms with van der Waals surface area (Å²) >= 11 is 12.4. The molecule has 2 aromatic heterocycles. The molecule has 0 bridgehead atoms. The van der Waals surface area contributed by atoms with Crippen LogP contribution in [0, 0.1) is 13.8 Å². The quantitative estimate of drug-likeness (QED) is 0.492. The molecular formula is C21H19Cl2N5O4. The number of aryl methyl sites for hydroxylation is 2. The molecule has 32 heavy (non-hydrogen) atoms. The van der Waals surface area contributed by atoms with Crippen molar-refractivity contribution in [2.45, 2.75) is 13.8 Å². The van der Waals surface area contributed by atoms with E-state index in [9.17, 15) is 14.4 Å². The number of nitrogens with one attached hydrogen (secondary N) is 3. The lowest BCUT2D eigenvalue weighted by Crippen LogP contribution is -2.41. The first-order valence-corrected chi connectivity index (χ1v) is 10.0. The number of aromatic nitrogens is 2. The number of benzene rings is 1. The van der Waals surface area contributed by atoms with Crippen molar-refractivity contribution in [1.29, 1.82) is 0 Å². The number of rotatable bonds is 4. The molecule has 3 N–H and O–H groups in total. The van der Waals surface area contributed by atoms with Gasteiger partial charge in [0.05, 0.1) is 23.4 Å². The third-order valence-electron chi connectivity index (χ3n) is 4.51. The van der Waals surface area contributed by atoms with Crippen LogP contribution in [0.15, 0.2) is 42.6 Å². The second kappa shape index (κ2) is 9.71. The summed E-state index contributed by atoms with van der Waals surface area (Å²) in [6.07, 6.45) is 0.714. The fourth-order valence-corrected chi connectivity index (χ4v) is 3.51. The lowest BCUT2D eigenvalue weighted by atomic mass is 10.1. The zero-order valence-corrected chi connectivity index (χ0v) is 18.8. The van der Waals surface area contributed by atoms with Crippen molar-refractivity contribution in [2.75, 3.05) is 12.4 Å². The van der Waals surface area contributed by atoms with Gasteiger partial charge in [-0.2, -0.15) is 0 Å². The number of hydrogen-bond acceptors (Lipinski definition) is 5. The normalized spacial score (nSPS) is 10.4. The van der Waals surface area contributed by atoms with Crippen molar-refractivity contribution in [2.24, 2.45) is 0 Å². The Labute approximate surface area is 193 Å². The number of hydrazine groups is 1. The van der Waals surface area contributed by atoms with E-state index in [0.717, 1.165) is 12.8 Å². The van der Waals surface area contributed by atoms with Crippen LogP contribution in [-0.2, 0) is 4.74 Å². The highest BCUT2D eigenvalue weighted by Crippen LogP contribution is 2.28. The lowest BCUT2D eigenvalue weighted by molar-refractivity contribution is 0.0921. The van der Waals surface area contributed by atoms with E-state index in [1.165, 1.54) is 6.07 Å². The molecule has 11 heteroatoms. The molecule has 0 saturated heterocycles. The molecule has 1 aromatic carbocycles. The van der Waals surface area contributed by atoms with Gasteiger partial charge in [0.15, 0.2) is 5.82 Å². The van der Waals surface area contributed by atoms with E-state index in [0.29, 0.717) is 16.4 Å². The predicted octanol–water partition coefficient (Wildman–Crippen LogP) is 4.05. The van der Waals surface area contributed by atoms with Gasteiger partial charge in [0.1, 0.15) is 5.69 Å². The number of carbonyl (C=O) groups is 3. The number of hydrogen-bond donors (Lipinski definition) is 3. The fraction of sp³-hybridized carbons (Fsp3) is 0.143. The number of ether oxygens (including phenoxy) is 1. The minimum absolute atomic E-state index is 0.0467. The topological polar surface area (TPSA) is 114 Å². The van der Waals surface area contributed by atoms with Gasteiger partial charge in [-0.25, -0.2) is 15.2 Å². The smallest absolute Gasteiger partial charge is 0.425 e. The minimum atomic E-state index is -0.858. The SMILES string of the molecule is COC(=O)NNC(=O)c1cc(Cl)cc(C)c1NC(=O)c1ccc(C)n1-c1ncccc1Cl. The largest absolute Gasteiger partial charge is 0.452 e. The van der Waals surface area contributed by atoms with E-state index >= 15 is 0 Å². The maximum Gasteiger partial charge on any atom is 0.425 e. The molecule has 0 saturated carbocycles. The van der Waals surface area contributed by atoms with Gasteiger partial charge in [-0.1, -0.05) is 23.2 Å². The molecule has 0 fully saturated rings. The Hall–Kier alpha value is -3.56. The van der Waals surface area contributed by atoms with Crippen molar-refractivity contribution in [3.05, 3.63) is 75.2 Å². The number of amides is 3. The first kappa shape index (κ1) is 23.1. The zero-order chi connectivity index (χ0) is 23.4. The third-order valence-corrected chi connectivity index (χ3v) is 5.02. The van der Waals surface area contributed by atoms with Crippen molar-refractivity contribution < 1.29 is 19.1 Å². The van der Waals surface area contributed by atoms with Crippen molar-refractivity contribution in [3.63, 3.8) is 0 Å².